The minimum Gasteiger partial charge on any atom is -0.321 e. The molecule has 35 heavy (non-hydrogen) atoms. The molecule has 1 amide bonds. The van der Waals surface area contributed by atoms with Crippen LogP contribution in [0.25, 0.3) is 0 Å². The maximum absolute atomic E-state index is 12.9. The Morgan fingerprint density at radius 2 is 1.57 bits per heavy atom. The van der Waals surface area contributed by atoms with E-state index in [1.54, 1.807) is 60.3 Å². The van der Waals surface area contributed by atoms with Crippen molar-refractivity contribution in [1.29, 1.82) is 0 Å². The van der Waals surface area contributed by atoms with Crippen LogP contribution in [0.4, 0.5) is 11.4 Å². The summed E-state index contributed by atoms with van der Waals surface area (Å²) < 4.78 is 26.1. The lowest BCUT2D eigenvalue weighted by Crippen LogP contribution is -2.29. The van der Waals surface area contributed by atoms with Crippen molar-refractivity contribution >= 4 is 50.7 Å². The smallest absolute Gasteiger partial charge is 0.255 e. The topological polar surface area (TPSA) is 66.5 Å². The molecule has 4 aromatic rings. The largest absolute Gasteiger partial charge is 0.321 e. The van der Waals surface area contributed by atoms with Gasteiger partial charge in [0.15, 0.2) is 0 Å². The van der Waals surface area contributed by atoms with Gasteiger partial charge in [-0.3, -0.25) is 9.10 Å². The molecule has 0 saturated carbocycles. The molecular formula is C27H23ClN2O3S2. The Balaban J connectivity index is 1.49. The Hall–Kier alpha value is -3.26. The lowest BCUT2D eigenvalue weighted by Gasteiger charge is -2.22. The maximum Gasteiger partial charge on any atom is 0.255 e. The highest BCUT2D eigenvalue weighted by atomic mass is 35.5. The quantitative estimate of drug-likeness (QED) is 0.279. The van der Waals surface area contributed by atoms with Gasteiger partial charge in [-0.25, -0.2) is 8.42 Å². The summed E-state index contributed by atoms with van der Waals surface area (Å²) in [6, 6.07) is 31.2. The van der Waals surface area contributed by atoms with Crippen molar-refractivity contribution in [2.45, 2.75) is 16.3 Å². The predicted molar refractivity (Wildman–Crippen MR) is 144 cm³/mol. The van der Waals surface area contributed by atoms with Gasteiger partial charge in [-0.2, -0.15) is 0 Å². The zero-order chi connectivity index (χ0) is 24.8. The average molecular weight is 523 g/mol. The second kappa shape index (κ2) is 11.0. The third-order valence-corrected chi connectivity index (χ3v) is 7.60. The standard InChI is InChI=1S/C27H23ClN2O3S2/c1-35(32,33)30(23-9-7-8-22(28)18-23)19-20-14-16-21(17-15-20)27(31)29-25-12-5-6-13-26(25)34-24-10-3-2-4-11-24/h2-18H,19H2,1H3,(H,29,31). The molecule has 0 aliphatic carbocycles. The van der Waals surface area contributed by atoms with E-state index < -0.39 is 10.0 Å². The van der Waals surface area contributed by atoms with E-state index in [9.17, 15) is 13.2 Å². The first-order valence-corrected chi connectivity index (χ1v) is 13.8. The number of carbonyl (C=O) groups is 1. The van der Waals surface area contributed by atoms with Gasteiger partial charge in [0, 0.05) is 20.4 Å². The van der Waals surface area contributed by atoms with Gasteiger partial charge < -0.3 is 5.32 Å². The summed E-state index contributed by atoms with van der Waals surface area (Å²) in [4.78, 5) is 14.9. The number of rotatable bonds is 8. The molecule has 4 aromatic carbocycles. The number of nitrogens with zero attached hydrogens (tertiary/aromatic N) is 1. The Kier molecular flexibility index (Phi) is 7.80. The van der Waals surface area contributed by atoms with Crippen LogP contribution < -0.4 is 9.62 Å². The molecule has 0 spiro atoms. The van der Waals surface area contributed by atoms with Gasteiger partial charge in [-0.15, -0.1) is 0 Å². The van der Waals surface area contributed by atoms with Gasteiger partial charge in [0.2, 0.25) is 10.0 Å². The van der Waals surface area contributed by atoms with E-state index in [0.29, 0.717) is 16.3 Å². The second-order valence-electron chi connectivity index (χ2n) is 7.81. The lowest BCUT2D eigenvalue weighted by molar-refractivity contribution is 0.102. The highest BCUT2D eigenvalue weighted by Gasteiger charge is 2.18. The summed E-state index contributed by atoms with van der Waals surface area (Å²) in [6.07, 6.45) is 1.15. The summed E-state index contributed by atoms with van der Waals surface area (Å²) in [6.45, 7) is 0.123. The fraction of sp³-hybridized carbons (Fsp3) is 0.0741. The van der Waals surface area contributed by atoms with Gasteiger partial charge in [0.1, 0.15) is 0 Å². The molecule has 1 N–H and O–H groups in total. The van der Waals surface area contributed by atoms with Crippen LogP contribution in [0, 0.1) is 0 Å². The van der Waals surface area contributed by atoms with E-state index in [1.807, 2.05) is 54.6 Å². The second-order valence-corrected chi connectivity index (χ2v) is 11.3. The molecule has 5 nitrogen and oxygen atoms in total. The van der Waals surface area contributed by atoms with Gasteiger partial charge in [-0.1, -0.05) is 71.9 Å². The highest BCUT2D eigenvalue weighted by molar-refractivity contribution is 7.99. The molecule has 8 heteroatoms. The van der Waals surface area contributed by atoms with Gasteiger partial charge in [0.05, 0.1) is 24.2 Å². The molecule has 0 unspecified atom stereocenters. The Labute approximate surface area is 214 Å². The molecule has 0 aromatic heterocycles. The normalized spacial score (nSPS) is 11.1. The zero-order valence-electron chi connectivity index (χ0n) is 18.9. The van der Waals surface area contributed by atoms with Gasteiger partial charge in [0.25, 0.3) is 5.91 Å². The number of hydrogen-bond acceptors (Lipinski definition) is 4. The molecule has 0 saturated heterocycles. The minimum absolute atomic E-state index is 0.123. The van der Waals surface area contributed by atoms with Crippen molar-refractivity contribution in [1.82, 2.24) is 0 Å². The number of amides is 1. The Morgan fingerprint density at radius 1 is 0.886 bits per heavy atom. The fourth-order valence-electron chi connectivity index (χ4n) is 3.43. The van der Waals surface area contributed by atoms with E-state index in [2.05, 4.69) is 5.32 Å². The molecule has 0 fully saturated rings. The zero-order valence-corrected chi connectivity index (χ0v) is 21.3. The van der Waals surface area contributed by atoms with Crippen LogP contribution in [0.15, 0.2) is 113 Å². The van der Waals surface area contributed by atoms with E-state index in [0.717, 1.165) is 27.3 Å². The molecular weight excluding hydrogens is 500 g/mol. The molecule has 0 atom stereocenters. The SMILES string of the molecule is CS(=O)(=O)N(Cc1ccc(C(=O)Nc2ccccc2Sc2ccccc2)cc1)c1cccc(Cl)c1. The van der Waals surface area contributed by atoms with Gasteiger partial charge in [-0.05, 0) is 60.2 Å². The molecule has 0 radical (unpaired) electrons. The number of para-hydroxylation sites is 1. The number of sulfonamides is 1. The number of halogens is 1. The summed E-state index contributed by atoms with van der Waals surface area (Å²) in [5, 5.41) is 3.44. The van der Waals surface area contributed by atoms with Crippen molar-refractivity contribution in [3.8, 4) is 0 Å². The third-order valence-electron chi connectivity index (χ3n) is 5.15. The first-order chi connectivity index (χ1) is 16.8. The van der Waals surface area contributed by atoms with Crippen molar-refractivity contribution in [3.05, 3.63) is 119 Å². The van der Waals surface area contributed by atoms with E-state index in [-0.39, 0.29) is 12.5 Å². The first kappa shape index (κ1) is 24.9. The summed E-state index contributed by atoms with van der Waals surface area (Å²) in [5.74, 6) is -0.243. The van der Waals surface area contributed by atoms with Crippen molar-refractivity contribution < 1.29 is 13.2 Å². The van der Waals surface area contributed by atoms with Crippen molar-refractivity contribution in [3.63, 3.8) is 0 Å². The minimum atomic E-state index is -3.54. The van der Waals surface area contributed by atoms with Crippen molar-refractivity contribution in [2.24, 2.45) is 0 Å². The number of nitrogens with one attached hydrogen (secondary N) is 1. The van der Waals surface area contributed by atoms with Crippen LogP contribution >= 0.6 is 23.4 Å². The first-order valence-electron chi connectivity index (χ1n) is 10.7. The molecule has 0 aliphatic heterocycles. The number of carbonyl (C=O) groups excluding carboxylic acids is 1. The number of benzene rings is 4. The Morgan fingerprint density at radius 3 is 2.26 bits per heavy atom. The van der Waals surface area contributed by atoms with Crippen LogP contribution in [0.5, 0.6) is 0 Å². The third kappa shape index (κ3) is 6.66. The number of anilines is 2. The lowest BCUT2D eigenvalue weighted by atomic mass is 10.1. The molecule has 0 bridgehead atoms. The predicted octanol–water partition coefficient (Wildman–Crippen LogP) is 6.71. The van der Waals surface area contributed by atoms with Crippen LogP contribution in [0.1, 0.15) is 15.9 Å². The molecule has 0 heterocycles. The van der Waals surface area contributed by atoms with E-state index >= 15 is 0 Å². The molecule has 178 valence electrons. The highest BCUT2D eigenvalue weighted by Crippen LogP contribution is 2.33. The average Bonchev–Trinajstić information content (AvgIpc) is 2.84. The monoisotopic (exact) mass is 522 g/mol. The van der Waals surface area contributed by atoms with Gasteiger partial charge >= 0.3 is 0 Å². The van der Waals surface area contributed by atoms with E-state index in [1.165, 1.54) is 4.31 Å². The van der Waals surface area contributed by atoms with Crippen LogP contribution in [-0.4, -0.2) is 20.6 Å². The fourth-order valence-corrected chi connectivity index (χ4v) is 5.41. The van der Waals surface area contributed by atoms with Crippen molar-refractivity contribution in [2.75, 3.05) is 15.9 Å². The van der Waals surface area contributed by atoms with E-state index in [4.69, 9.17) is 11.6 Å². The molecule has 0 aliphatic rings. The molecule has 4 rings (SSSR count). The van der Waals surface area contributed by atoms with Crippen LogP contribution in [0.2, 0.25) is 5.02 Å². The van der Waals surface area contributed by atoms with Crippen LogP contribution in [0.3, 0.4) is 0 Å². The maximum atomic E-state index is 12.9. The summed E-state index contributed by atoms with van der Waals surface area (Å²) >= 11 is 7.63. The van der Waals surface area contributed by atoms with Crippen LogP contribution in [-0.2, 0) is 16.6 Å². The Bertz CT molecular complexity index is 1430. The summed E-state index contributed by atoms with van der Waals surface area (Å²) in [5.41, 5.74) is 2.42. The summed E-state index contributed by atoms with van der Waals surface area (Å²) in [7, 11) is -3.54. The number of hydrogen-bond donors (Lipinski definition) is 1.